The zero-order chi connectivity index (χ0) is 18.8. The van der Waals surface area contributed by atoms with Gasteiger partial charge in [0.25, 0.3) is 0 Å². The van der Waals surface area contributed by atoms with E-state index in [1.165, 1.54) is 32.1 Å². The van der Waals surface area contributed by atoms with Gasteiger partial charge < -0.3 is 9.64 Å². The fourth-order valence-electron chi connectivity index (χ4n) is 5.46. The Hall–Kier alpha value is -1.06. The maximum Gasteiger partial charge on any atom is 0.410 e. The van der Waals surface area contributed by atoms with Gasteiger partial charge in [0.15, 0.2) is 0 Å². The second-order valence-corrected chi connectivity index (χ2v) is 9.93. The van der Waals surface area contributed by atoms with Crippen LogP contribution in [0.4, 0.5) is 4.79 Å². The van der Waals surface area contributed by atoms with Gasteiger partial charge in [0.05, 0.1) is 0 Å². The van der Waals surface area contributed by atoms with E-state index < -0.39 is 5.60 Å². The molecule has 1 spiro atoms. The molecule has 26 heavy (non-hydrogen) atoms. The number of Topliss-reactive ketones (excluding diaryl/α,β-unsaturated/α-hetero) is 1. The molecule has 148 valence electrons. The third-order valence-corrected chi connectivity index (χ3v) is 6.77. The van der Waals surface area contributed by atoms with Crippen LogP contribution in [0.5, 0.6) is 0 Å². The predicted molar refractivity (Wildman–Crippen MR) is 103 cm³/mol. The van der Waals surface area contributed by atoms with Crippen molar-refractivity contribution in [2.75, 3.05) is 6.54 Å². The van der Waals surface area contributed by atoms with Crippen molar-refractivity contribution in [1.29, 1.82) is 0 Å². The molecular formula is C22H37NO3. The minimum atomic E-state index is -0.493. The standard InChI is InChI=1S/C22H37NO3/c1-21(2,3)26-20(25)23-15-9-5-4-6-10-18(23)17-16-22(12-7-8-13-22)14-11-19(17)24/h17-18H,4-16H2,1-3H3. The number of likely N-dealkylation sites (tertiary alicyclic amines) is 1. The second-order valence-electron chi connectivity index (χ2n) is 9.93. The summed E-state index contributed by atoms with van der Waals surface area (Å²) in [5.74, 6) is 0.411. The molecule has 0 aromatic rings. The molecule has 2 aliphatic carbocycles. The zero-order valence-corrected chi connectivity index (χ0v) is 17.0. The van der Waals surface area contributed by atoms with Crippen LogP contribution in [-0.2, 0) is 9.53 Å². The fourth-order valence-corrected chi connectivity index (χ4v) is 5.46. The highest BCUT2D eigenvalue weighted by atomic mass is 16.6. The maximum absolute atomic E-state index is 12.9. The zero-order valence-electron chi connectivity index (χ0n) is 17.0. The molecule has 2 saturated carbocycles. The van der Waals surface area contributed by atoms with Crippen molar-refractivity contribution in [1.82, 2.24) is 4.90 Å². The van der Waals surface area contributed by atoms with Crippen LogP contribution >= 0.6 is 0 Å². The fraction of sp³-hybridized carbons (Fsp3) is 0.909. The van der Waals surface area contributed by atoms with Gasteiger partial charge >= 0.3 is 6.09 Å². The van der Waals surface area contributed by atoms with Crippen molar-refractivity contribution in [2.24, 2.45) is 11.3 Å². The van der Waals surface area contributed by atoms with Crippen molar-refractivity contribution in [2.45, 2.75) is 109 Å². The third kappa shape index (κ3) is 4.61. The van der Waals surface area contributed by atoms with Gasteiger partial charge in [-0.05, 0) is 64.7 Å². The highest BCUT2D eigenvalue weighted by Gasteiger charge is 2.46. The van der Waals surface area contributed by atoms with Crippen LogP contribution in [0, 0.1) is 11.3 Å². The van der Waals surface area contributed by atoms with E-state index in [1.807, 2.05) is 25.7 Å². The quantitative estimate of drug-likeness (QED) is 0.619. The Bertz CT molecular complexity index is 516. The molecule has 3 fully saturated rings. The Kier molecular flexibility index (Phi) is 5.98. The van der Waals surface area contributed by atoms with Crippen LogP contribution in [0.2, 0.25) is 0 Å². The molecule has 0 aromatic carbocycles. The number of ether oxygens (including phenoxy) is 1. The largest absolute Gasteiger partial charge is 0.444 e. The molecule has 1 aliphatic heterocycles. The lowest BCUT2D eigenvalue weighted by molar-refractivity contribution is -0.130. The van der Waals surface area contributed by atoms with Gasteiger partial charge in [0.2, 0.25) is 0 Å². The molecule has 1 amide bonds. The molecule has 0 N–H and O–H groups in total. The number of carbonyl (C=O) groups is 2. The van der Waals surface area contributed by atoms with Crippen LogP contribution in [0.3, 0.4) is 0 Å². The first-order chi connectivity index (χ1) is 12.3. The summed E-state index contributed by atoms with van der Waals surface area (Å²) in [7, 11) is 0. The lowest BCUT2D eigenvalue weighted by atomic mass is 9.65. The number of hydrogen-bond acceptors (Lipinski definition) is 3. The average molecular weight is 364 g/mol. The summed E-state index contributed by atoms with van der Waals surface area (Å²) in [4.78, 5) is 27.8. The summed E-state index contributed by atoms with van der Waals surface area (Å²) in [6.45, 7) is 6.49. The van der Waals surface area contributed by atoms with Gasteiger partial charge in [-0.3, -0.25) is 4.79 Å². The van der Waals surface area contributed by atoms with Crippen LogP contribution in [0.25, 0.3) is 0 Å². The van der Waals surface area contributed by atoms with Crippen LogP contribution in [-0.4, -0.2) is 35.0 Å². The first-order valence-electron chi connectivity index (χ1n) is 10.8. The Morgan fingerprint density at radius 3 is 2.42 bits per heavy atom. The second kappa shape index (κ2) is 7.90. The number of ketones is 1. The third-order valence-electron chi connectivity index (χ3n) is 6.77. The summed E-state index contributed by atoms with van der Waals surface area (Å²) < 4.78 is 5.72. The van der Waals surface area contributed by atoms with Crippen molar-refractivity contribution >= 4 is 11.9 Å². The molecule has 2 atom stereocenters. The first kappa shape index (κ1) is 19.7. The molecular weight excluding hydrogens is 326 g/mol. The highest BCUT2D eigenvalue weighted by Crippen LogP contribution is 2.51. The van der Waals surface area contributed by atoms with Crippen molar-refractivity contribution in [3.05, 3.63) is 0 Å². The number of nitrogens with zero attached hydrogens (tertiary/aromatic N) is 1. The SMILES string of the molecule is CC(C)(C)OC(=O)N1CCCCCCC1C1CC2(CCCC2)CCC1=O. The first-order valence-corrected chi connectivity index (χ1v) is 10.8. The van der Waals surface area contributed by atoms with E-state index in [0.29, 0.717) is 17.6 Å². The number of rotatable bonds is 1. The summed E-state index contributed by atoms with van der Waals surface area (Å²) >= 11 is 0. The van der Waals surface area contributed by atoms with Crippen LogP contribution < -0.4 is 0 Å². The monoisotopic (exact) mass is 363 g/mol. The smallest absolute Gasteiger partial charge is 0.410 e. The van der Waals surface area contributed by atoms with E-state index in [1.54, 1.807) is 0 Å². The number of amides is 1. The van der Waals surface area contributed by atoms with Gasteiger partial charge in [-0.25, -0.2) is 4.79 Å². The molecule has 4 nitrogen and oxygen atoms in total. The molecule has 0 radical (unpaired) electrons. The van der Waals surface area contributed by atoms with E-state index in [0.717, 1.165) is 45.1 Å². The van der Waals surface area contributed by atoms with Crippen molar-refractivity contribution in [3.8, 4) is 0 Å². The van der Waals surface area contributed by atoms with Gasteiger partial charge in [0, 0.05) is 24.9 Å². The van der Waals surface area contributed by atoms with E-state index in [4.69, 9.17) is 4.74 Å². The molecule has 1 heterocycles. The van der Waals surface area contributed by atoms with E-state index >= 15 is 0 Å². The van der Waals surface area contributed by atoms with Crippen molar-refractivity contribution < 1.29 is 14.3 Å². The van der Waals surface area contributed by atoms with Gasteiger partial charge in [-0.15, -0.1) is 0 Å². The Morgan fingerprint density at radius 1 is 1.04 bits per heavy atom. The van der Waals surface area contributed by atoms with Crippen LogP contribution in [0.1, 0.15) is 97.8 Å². The predicted octanol–water partition coefficient (Wildman–Crippen LogP) is 5.49. The Labute approximate surface area is 159 Å². The molecule has 3 rings (SSSR count). The molecule has 3 aliphatic rings. The summed E-state index contributed by atoms with van der Waals surface area (Å²) in [6, 6.07) is 0.0374. The van der Waals surface area contributed by atoms with Crippen LogP contribution in [0.15, 0.2) is 0 Å². The number of carbonyl (C=O) groups excluding carboxylic acids is 2. The molecule has 2 unspecified atom stereocenters. The molecule has 1 saturated heterocycles. The van der Waals surface area contributed by atoms with Crippen molar-refractivity contribution in [3.63, 3.8) is 0 Å². The minimum Gasteiger partial charge on any atom is -0.444 e. The highest BCUT2D eigenvalue weighted by molar-refractivity contribution is 5.83. The normalized spacial score (nSPS) is 30.1. The topological polar surface area (TPSA) is 46.6 Å². The molecule has 4 heteroatoms. The van der Waals surface area contributed by atoms with E-state index in [-0.39, 0.29) is 18.1 Å². The average Bonchev–Trinajstić information content (AvgIpc) is 2.97. The number of hydrogen-bond donors (Lipinski definition) is 0. The van der Waals surface area contributed by atoms with E-state index in [9.17, 15) is 9.59 Å². The van der Waals surface area contributed by atoms with Gasteiger partial charge in [-0.2, -0.15) is 0 Å². The Balaban J connectivity index is 1.81. The maximum atomic E-state index is 12.9. The Morgan fingerprint density at radius 2 is 1.73 bits per heavy atom. The lowest BCUT2D eigenvalue weighted by Crippen LogP contribution is -2.51. The summed E-state index contributed by atoms with van der Waals surface area (Å²) in [5.41, 5.74) is -0.117. The molecule has 0 bridgehead atoms. The lowest BCUT2D eigenvalue weighted by Gasteiger charge is -2.44. The molecule has 0 aromatic heterocycles. The summed E-state index contributed by atoms with van der Waals surface area (Å²) in [6.07, 6.45) is 13.2. The summed E-state index contributed by atoms with van der Waals surface area (Å²) in [5, 5.41) is 0. The van der Waals surface area contributed by atoms with E-state index in [2.05, 4.69) is 0 Å². The van der Waals surface area contributed by atoms with Gasteiger partial charge in [-0.1, -0.05) is 32.1 Å². The van der Waals surface area contributed by atoms with Gasteiger partial charge in [0.1, 0.15) is 11.4 Å². The minimum absolute atomic E-state index is 0.0208.